The minimum atomic E-state index is -0.380. The quantitative estimate of drug-likeness (QED) is 0.606. The van der Waals surface area contributed by atoms with Crippen molar-refractivity contribution >= 4 is 22.7 Å². The lowest BCUT2D eigenvalue weighted by atomic mass is 10.0. The number of aromatic nitrogens is 1. The molecular weight excluding hydrogens is 382 g/mol. The Kier molecular flexibility index (Phi) is 5.70. The topological polar surface area (TPSA) is 75.9 Å². The summed E-state index contributed by atoms with van der Waals surface area (Å²) >= 11 is 0. The van der Waals surface area contributed by atoms with Crippen LogP contribution in [0.5, 0.6) is 5.75 Å². The lowest BCUT2D eigenvalue weighted by molar-refractivity contribution is -0.131. The zero-order valence-corrected chi connectivity index (χ0v) is 17.3. The third kappa shape index (κ3) is 4.15. The number of rotatable bonds is 5. The highest BCUT2D eigenvalue weighted by molar-refractivity contribution is 5.83. The van der Waals surface area contributed by atoms with E-state index in [1.807, 2.05) is 36.1 Å². The molecule has 0 unspecified atom stereocenters. The molecule has 0 N–H and O–H groups in total. The smallest absolute Gasteiger partial charge is 0.336 e. The molecule has 1 saturated heterocycles. The Morgan fingerprint density at radius 3 is 2.67 bits per heavy atom. The van der Waals surface area contributed by atoms with Gasteiger partial charge in [-0.15, -0.1) is 0 Å². The molecule has 3 aromatic rings. The lowest BCUT2D eigenvalue weighted by Gasteiger charge is -2.35. The minimum absolute atomic E-state index is 0.133. The number of ether oxygens (including phenoxy) is 1. The van der Waals surface area contributed by atoms with E-state index in [1.54, 1.807) is 19.4 Å². The fraction of sp³-hybridized carbons (Fsp3) is 0.348. The molecule has 3 heterocycles. The Balaban J connectivity index is 1.41. The van der Waals surface area contributed by atoms with Crippen LogP contribution in [0.1, 0.15) is 17.5 Å². The summed E-state index contributed by atoms with van der Waals surface area (Å²) in [5.41, 5.74) is 1.90. The van der Waals surface area contributed by atoms with Crippen molar-refractivity contribution in [2.75, 3.05) is 38.2 Å². The molecule has 0 spiro atoms. The van der Waals surface area contributed by atoms with Gasteiger partial charge in [0.05, 0.1) is 7.11 Å². The van der Waals surface area contributed by atoms with Crippen molar-refractivity contribution in [2.24, 2.45) is 0 Å². The van der Waals surface area contributed by atoms with Crippen LogP contribution in [-0.4, -0.2) is 49.1 Å². The predicted octanol–water partition coefficient (Wildman–Crippen LogP) is 2.79. The van der Waals surface area contributed by atoms with Crippen LogP contribution >= 0.6 is 0 Å². The highest BCUT2D eigenvalue weighted by Crippen LogP contribution is 2.28. The van der Waals surface area contributed by atoms with Crippen LogP contribution in [0.4, 0.5) is 5.82 Å². The van der Waals surface area contributed by atoms with Crippen molar-refractivity contribution in [1.82, 2.24) is 9.88 Å². The van der Waals surface area contributed by atoms with E-state index in [9.17, 15) is 9.59 Å². The fourth-order valence-electron chi connectivity index (χ4n) is 3.90. The molecule has 0 radical (unpaired) electrons. The Bertz CT molecular complexity index is 1100. The van der Waals surface area contributed by atoms with Crippen LogP contribution in [0.25, 0.3) is 11.0 Å². The maximum absolute atomic E-state index is 12.8. The second-order valence-corrected chi connectivity index (χ2v) is 7.46. The molecule has 0 aliphatic carbocycles. The molecule has 1 aliphatic rings. The van der Waals surface area contributed by atoms with Gasteiger partial charge in [-0.05, 0) is 42.7 Å². The average Bonchev–Trinajstić information content (AvgIpc) is 2.77. The van der Waals surface area contributed by atoms with E-state index in [0.29, 0.717) is 37.3 Å². The summed E-state index contributed by atoms with van der Waals surface area (Å²) in [6, 6.07) is 11.0. The maximum Gasteiger partial charge on any atom is 0.336 e. The third-order valence-electron chi connectivity index (χ3n) is 5.57. The molecule has 0 atom stereocenters. The SMILES string of the molecule is COc1cc2oc(=O)cc(C)c2cc1CCC(=O)N1CCN(c2ccccn2)CC1. The lowest BCUT2D eigenvalue weighted by Crippen LogP contribution is -2.49. The van der Waals surface area contributed by atoms with E-state index in [2.05, 4.69) is 9.88 Å². The summed E-state index contributed by atoms with van der Waals surface area (Å²) in [6.45, 7) is 4.81. The number of carbonyl (C=O) groups is 1. The van der Waals surface area contributed by atoms with Crippen molar-refractivity contribution < 1.29 is 13.9 Å². The Morgan fingerprint density at radius 1 is 1.17 bits per heavy atom. The van der Waals surface area contributed by atoms with Gasteiger partial charge in [-0.3, -0.25) is 4.79 Å². The van der Waals surface area contributed by atoms with Gasteiger partial charge in [0.1, 0.15) is 17.2 Å². The van der Waals surface area contributed by atoms with Gasteiger partial charge in [-0.1, -0.05) is 6.07 Å². The van der Waals surface area contributed by atoms with Crippen LogP contribution in [0.2, 0.25) is 0 Å². The van der Waals surface area contributed by atoms with E-state index in [-0.39, 0.29) is 11.5 Å². The van der Waals surface area contributed by atoms with Crippen molar-refractivity contribution in [2.45, 2.75) is 19.8 Å². The summed E-state index contributed by atoms with van der Waals surface area (Å²) in [5.74, 6) is 1.71. The number of benzene rings is 1. The zero-order chi connectivity index (χ0) is 21.1. The molecule has 0 saturated carbocycles. The van der Waals surface area contributed by atoms with Gasteiger partial charge in [-0.25, -0.2) is 9.78 Å². The van der Waals surface area contributed by atoms with Crippen LogP contribution in [0, 0.1) is 6.92 Å². The summed E-state index contributed by atoms with van der Waals surface area (Å²) in [4.78, 5) is 32.9. The summed E-state index contributed by atoms with van der Waals surface area (Å²) in [6.07, 6.45) is 2.76. The highest BCUT2D eigenvalue weighted by Gasteiger charge is 2.22. The van der Waals surface area contributed by atoms with Crippen LogP contribution < -0.4 is 15.3 Å². The number of pyridine rings is 1. The first-order valence-electron chi connectivity index (χ1n) is 10.1. The van der Waals surface area contributed by atoms with E-state index < -0.39 is 0 Å². The number of nitrogens with zero attached hydrogens (tertiary/aromatic N) is 3. The monoisotopic (exact) mass is 407 g/mol. The van der Waals surface area contributed by atoms with Gasteiger partial charge in [0.15, 0.2) is 0 Å². The number of fused-ring (bicyclic) bond motifs is 1. The largest absolute Gasteiger partial charge is 0.496 e. The van der Waals surface area contributed by atoms with Crippen molar-refractivity contribution in [3.8, 4) is 5.75 Å². The molecule has 1 aliphatic heterocycles. The van der Waals surface area contributed by atoms with E-state index >= 15 is 0 Å². The predicted molar refractivity (Wildman–Crippen MR) is 115 cm³/mol. The number of aryl methyl sites for hydroxylation is 2. The summed E-state index contributed by atoms with van der Waals surface area (Å²) < 4.78 is 10.8. The maximum atomic E-state index is 12.8. The van der Waals surface area contributed by atoms with E-state index in [4.69, 9.17) is 9.15 Å². The van der Waals surface area contributed by atoms with Gasteiger partial charge >= 0.3 is 5.63 Å². The number of piperazine rings is 1. The minimum Gasteiger partial charge on any atom is -0.496 e. The highest BCUT2D eigenvalue weighted by atomic mass is 16.5. The molecule has 4 rings (SSSR count). The van der Waals surface area contributed by atoms with Crippen molar-refractivity contribution in [1.29, 1.82) is 0 Å². The van der Waals surface area contributed by atoms with E-state index in [1.165, 1.54) is 6.07 Å². The van der Waals surface area contributed by atoms with Crippen LogP contribution in [0.15, 0.2) is 51.8 Å². The van der Waals surface area contributed by atoms with Gasteiger partial charge in [-0.2, -0.15) is 0 Å². The second kappa shape index (κ2) is 8.57. The normalized spacial score (nSPS) is 14.2. The molecule has 1 aromatic carbocycles. The number of amides is 1. The van der Waals surface area contributed by atoms with Crippen molar-refractivity contribution in [3.63, 3.8) is 0 Å². The van der Waals surface area contributed by atoms with Gasteiger partial charge < -0.3 is 19.0 Å². The number of hydrogen-bond acceptors (Lipinski definition) is 6. The van der Waals surface area contributed by atoms with Crippen LogP contribution in [0.3, 0.4) is 0 Å². The van der Waals surface area contributed by atoms with Gasteiger partial charge in [0, 0.05) is 56.3 Å². The van der Waals surface area contributed by atoms with Crippen molar-refractivity contribution in [3.05, 3.63) is 64.1 Å². The zero-order valence-electron chi connectivity index (χ0n) is 17.3. The Hall–Kier alpha value is -3.35. The first-order chi connectivity index (χ1) is 14.5. The molecule has 1 fully saturated rings. The molecule has 2 aromatic heterocycles. The van der Waals surface area contributed by atoms with E-state index in [0.717, 1.165) is 35.4 Å². The number of methoxy groups -OCH3 is 1. The summed E-state index contributed by atoms with van der Waals surface area (Å²) in [5, 5.41) is 0.863. The third-order valence-corrected chi connectivity index (χ3v) is 5.57. The standard InChI is InChI=1S/C23H25N3O4/c1-16-13-23(28)30-20-15-19(29-2)17(14-18(16)20)6-7-22(27)26-11-9-25(10-12-26)21-5-3-4-8-24-21/h3-5,8,13-15H,6-7,9-12H2,1-2H3. The molecule has 0 bridgehead atoms. The Labute approximate surface area is 174 Å². The second-order valence-electron chi connectivity index (χ2n) is 7.46. The molecule has 30 heavy (non-hydrogen) atoms. The molecule has 7 heteroatoms. The first-order valence-corrected chi connectivity index (χ1v) is 10.1. The van der Waals surface area contributed by atoms with Gasteiger partial charge in [0.25, 0.3) is 0 Å². The molecule has 1 amide bonds. The van der Waals surface area contributed by atoms with Crippen LogP contribution in [-0.2, 0) is 11.2 Å². The average molecular weight is 407 g/mol. The molecule has 7 nitrogen and oxygen atoms in total. The fourth-order valence-corrected chi connectivity index (χ4v) is 3.90. The first kappa shape index (κ1) is 19.9. The molecular formula is C23H25N3O4. The molecule has 156 valence electrons. The van der Waals surface area contributed by atoms with Gasteiger partial charge in [0.2, 0.25) is 5.91 Å². The number of carbonyl (C=O) groups excluding carboxylic acids is 1. The number of anilines is 1. The Morgan fingerprint density at radius 2 is 1.97 bits per heavy atom. The number of hydrogen-bond donors (Lipinski definition) is 0. The summed E-state index contributed by atoms with van der Waals surface area (Å²) in [7, 11) is 1.58.